The van der Waals surface area contributed by atoms with Crippen LogP contribution in [0.25, 0.3) is 22.0 Å². The Labute approximate surface area is 213 Å². The fourth-order valence-corrected chi connectivity index (χ4v) is 4.79. The third kappa shape index (κ3) is 5.43. The van der Waals surface area contributed by atoms with E-state index in [0.717, 1.165) is 65.2 Å². The van der Waals surface area contributed by atoms with E-state index in [1.165, 1.54) is 32.1 Å². The van der Waals surface area contributed by atoms with Crippen LogP contribution < -0.4 is 9.46 Å². The number of nitrogens with one attached hydrogen (secondary N) is 1. The molecule has 1 saturated heterocycles. The second-order valence-electron chi connectivity index (χ2n) is 8.44. The van der Waals surface area contributed by atoms with Crippen molar-refractivity contribution in [2.45, 2.75) is 17.7 Å². The van der Waals surface area contributed by atoms with E-state index in [1.54, 1.807) is 12.4 Å². The summed E-state index contributed by atoms with van der Waals surface area (Å²) in [4.78, 5) is 11.5. The number of nitrogens with zero attached hydrogens (tertiary/aromatic N) is 3. The van der Waals surface area contributed by atoms with Crippen LogP contribution in [0.1, 0.15) is 18.4 Å². The largest absolute Gasteiger partial charge is 0.480 e. The minimum atomic E-state index is -0.643. The van der Waals surface area contributed by atoms with E-state index < -0.39 is 11.6 Å². The Morgan fingerprint density at radius 1 is 1.03 bits per heavy atom. The van der Waals surface area contributed by atoms with Gasteiger partial charge in [-0.1, -0.05) is 17.9 Å². The van der Waals surface area contributed by atoms with Crippen molar-refractivity contribution < 1.29 is 13.5 Å². The molecule has 0 amide bonds. The zero-order valence-corrected chi connectivity index (χ0v) is 20.5. The number of hydrogen-bond donors (Lipinski definition) is 1. The molecule has 1 aliphatic heterocycles. The molecule has 1 fully saturated rings. The van der Waals surface area contributed by atoms with E-state index in [-0.39, 0.29) is 4.90 Å². The van der Waals surface area contributed by atoms with Gasteiger partial charge in [-0.25, -0.2) is 13.8 Å². The third-order valence-corrected chi connectivity index (χ3v) is 6.88. The summed E-state index contributed by atoms with van der Waals surface area (Å²) >= 11 is 1.02. The van der Waals surface area contributed by atoms with Gasteiger partial charge >= 0.3 is 0 Å². The first kappa shape index (κ1) is 24.0. The van der Waals surface area contributed by atoms with Crippen molar-refractivity contribution in [2.75, 3.05) is 31.5 Å². The van der Waals surface area contributed by atoms with Crippen molar-refractivity contribution in [1.29, 1.82) is 0 Å². The highest BCUT2D eigenvalue weighted by molar-refractivity contribution is 8.00. The lowest BCUT2D eigenvalue weighted by Gasteiger charge is -2.12. The molecule has 4 aromatic rings. The average molecular weight is 503 g/mol. The van der Waals surface area contributed by atoms with Crippen LogP contribution in [0, 0.1) is 23.5 Å². The molecule has 2 aromatic carbocycles. The molecule has 5 nitrogen and oxygen atoms in total. The molecule has 0 atom stereocenters. The van der Waals surface area contributed by atoms with E-state index in [9.17, 15) is 8.78 Å². The van der Waals surface area contributed by atoms with Crippen molar-refractivity contribution in [2.24, 2.45) is 0 Å². The molecule has 0 unspecified atom stereocenters. The maximum atomic E-state index is 14.1. The lowest BCUT2D eigenvalue weighted by Crippen LogP contribution is -2.18. The summed E-state index contributed by atoms with van der Waals surface area (Å²) in [6, 6.07) is 13.3. The van der Waals surface area contributed by atoms with Gasteiger partial charge in [0.05, 0.1) is 24.1 Å². The number of fused-ring (bicyclic) bond motifs is 1. The average Bonchev–Trinajstić information content (AvgIpc) is 3.41. The van der Waals surface area contributed by atoms with E-state index in [0.29, 0.717) is 11.6 Å². The highest BCUT2D eigenvalue weighted by atomic mass is 32.2. The Kier molecular flexibility index (Phi) is 7.31. The first-order chi connectivity index (χ1) is 17.6. The Balaban J connectivity index is 1.43. The monoisotopic (exact) mass is 502 g/mol. The molecule has 0 radical (unpaired) electrons. The predicted molar refractivity (Wildman–Crippen MR) is 140 cm³/mol. The number of halogens is 2. The highest BCUT2D eigenvalue weighted by Gasteiger charge is 2.12. The summed E-state index contributed by atoms with van der Waals surface area (Å²) in [5.41, 5.74) is 4.16. The number of ether oxygens (including phenoxy) is 1. The van der Waals surface area contributed by atoms with Gasteiger partial charge < -0.3 is 9.46 Å². The number of aromatic nitrogens is 2. The van der Waals surface area contributed by atoms with Gasteiger partial charge in [-0.3, -0.25) is 9.88 Å². The van der Waals surface area contributed by atoms with Crippen molar-refractivity contribution >= 4 is 28.5 Å². The first-order valence-electron chi connectivity index (χ1n) is 11.6. The zero-order chi connectivity index (χ0) is 24.9. The van der Waals surface area contributed by atoms with Gasteiger partial charge in [0.2, 0.25) is 5.88 Å². The van der Waals surface area contributed by atoms with E-state index in [4.69, 9.17) is 4.74 Å². The minimum Gasteiger partial charge on any atom is -0.480 e. The molecule has 182 valence electrons. The third-order valence-electron chi connectivity index (χ3n) is 6.01. The molecule has 0 spiro atoms. The molecule has 0 aliphatic carbocycles. The minimum absolute atomic E-state index is 0.262. The number of likely N-dealkylation sites (tertiary alicyclic amines) is 1. The number of benzene rings is 2. The van der Waals surface area contributed by atoms with Crippen LogP contribution in [0.4, 0.5) is 14.5 Å². The number of methoxy groups -OCH3 is 1. The van der Waals surface area contributed by atoms with E-state index in [1.807, 2.05) is 24.3 Å². The molecular formula is C28H24F2N4OS. The summed E-state index contributed by atoms with van der Waals surface area (Å²) < 4.78 is 35.8. The maximum absolute atomic E-state index is 14.1. The summed E-state index contributed by atoms with van der Waals surface area (Å²) in [6.45, 7) is 3.00. The van der Waals surface area contributed by atoms with Gasteiger partial charge in [-0.05, 0) is 79.8 Å². The molecular weight excluding hydrogens is 478 g/mol. The highest BCUT2D eigenvalue weighted by Crippen LogP contribution is 2.33. The molecule has 0 bridgehead atoms. The molecule has 0 saturated carbocycles. The predicted octanol–water partition coefficient (Wildman–Crippen LogP) is 6.15. The molecule has 1 aliphatic rings. The fourth-order valence-electron chi connectivity index (χ4n) is 4.14. The van der Waals surface area contributed by atoms with Crippen LogP contribution in [-0.2, 0) is 0 Å². The number of anilines is 1. The molecule has 2 aromatic heterocycles. The van der Waals surface area contributed by atoms with Crippen molar-refractivity contribution in [3.05, 3.63) is 78.1 Å². The molecule has 36 heavy (non-hydrogen) atoms. The Bertz CT molecular complexity index is 1460. The molecule has 8 heteroatoms. The van der Waals surface area contributed by atoms with Crippen LogP contribution in [0.3, 0.4) is 0 Å². The summed E-state index contributed by atoms with van der Waals surface area (Å²) in [5, 5.41) is 0.969. The summed E-state index contributed by atoms with van der Waals surface area (Å²) in [7, 11) is 1.52. The smallest absolute Gasteiger partial charge is 0.237 e. The van der Waals surface area contributed by atoms with Gasteiger partial charge in [0.15, 0.2) is 0 Å². The Morgan fingerprint density at radius 3 is 2.69 bits per heavy atom. The van der Waals surface area contributed by atoms with Crippen molar-refractivity contribution in [3.63, 3.8) is 0 Å². The normalized spacial score (nSPS) is 13.4. The van der Waals surface area contributed by atoms with Crippen LogP contribution >= 0.6 is 11.9 Å². The van der Waals surface area contributed by atoms with E-state index >= 15 is 0 Å². The van der Waals surface area contributed by atoms with Crippen LogP contribution in [0.15, 0.2) is 65.8 Å². The molecule has 5 rings (SSSR count). The summed E-state index contributed by atoms with van der Waals surface area (Å²) in [5.74, 6) is 5.74. The van der Waals surface area contributed by atoms with Crippen molar-refractivity contribution in [3.8, 4) is 28.8 Å². The standard InChI is InChI=1S/C28H24F2N4OS/c1-35-28-26(33-36-27-9-7-22(29)17-24(27)30)16-21(18-32-28)20-6-8-25-23(15-20)19(10-11-31-25)5-4-14-34-12-2-3-13-34/h6-11,15-18,33H,2-3,12-14H2,1H3. The van der Waals surface area contributed by atoms with Gasteiger partial charge in [0, 0.05) is 35.0 Å². The van der Waals surface area contributed by atoms with Crippen LogP contribution in [-0.4, -0.2) is 41.6 Å². The second-order valence-corrected chi connectivity index (χ2v) is 9.28. The Morgan fingerprint density at radius 2 is 1.89 bits per heavy atom. The molecule has 1 N–H and O–H groups in total. The number of pyridine rings is 2. The zero-order valence-electron chi connectivity index (χ0n) is 19.7. The topological polar surface area (TPSA) is 50.3 Å². The number of hydrogen-bond acceptors (Lipinski definition) is 6. The number of rotatable bonds is 6. The Hall–Kier alpha value is -3.67. The van der Waals surface area contributed by atoms with E-state index in [2.05, 4.69) is 37.5 Å². The van der Waals surface area contributed by atoms with Crippen molar-refractivity contribution in [1.82, 2.24) is 14.9 Å². The fraction of sp³-hybridized carbons (Fsp3) is 0.214. The molecule has 3 heterocycles. The second kappa shape index (κ2) is 10.9. The lowest BCUT2D eigenvalue weighted by molar-refractivity contribution is 0.383. The van der Waals surface area contributed by atoms with Gasteiger partial charge in [-0.2, -0.15) is 0 Å². The lowest BCUT2D eigenvalue weighted by atomic mass is 10.0. The van der Waals surface area contributed by atoms with Crippen LogP contribution in [0.2, 0.25) is 0 Å². The summed E-state index contributed by atoms with van der Waals surface area (Å²) in [6.07, 6.45) is 5.99. The SMILES string of the molecule is COc1ncc(-c2ccc3nccc(C#CCN4CCCC4)c3c2)cc1NSc1ccc(F)cc1F. The van der Waals surface area contributed by atoms with Gasteiger partial charge in [0.1, 0.15) is 17.3 Å². The quantitative estimate of drug-likeness (QED) is 0.252. The first-order valence-corrected chi connectivity index (χ1v) is 12.4. The van der Waals surface area contributed by atoms with Gasteiger partial charge in [-0.15, -0.1) is 0 Å². The van der Waals surface area contributed by atoms with Crippen LogP contribution in [0.5, 0.6) is 5.88 Å². The van der Waals surface area contributed by atoms with Gasteiger partial charge in [0.25, 0.3) is 0 Å². The maximum Gasteiger partial charge on any atom is 0.237 e.